The second-order valence-electron chi connectivity index (χ2n) is 8.62. The third-order valence-electron chi connectivity index (χ3n) is 5.21. The molecule has 2 aromatic heterocycles. The van der Waals surface area contributed by atoms with Gasteiger partial charge in [-0.3, -0.25) is 4.90 Å². The minimum absolute atomic E-state index is 0.147. The van der Waals surface area contributed by atoms with E-state index in [0.717, 1.165) is 22.9 Å². The Labute approximate surface area is 178 Å². The Bertz CT molecular complexity index is 884. The lowest BCUT2D eigenvalue weighted by atomic mass is 10.1. The maximum absolute atomic E-state index is 12.5. The van der Waals surface area contributed by atoms with Crippen molar-refractivity contribution in [2.75, 3.05) is 38.3 Å². The largest absolute Gasteiger partial charge is 0.494 e. The summed E-state index contributed by atoms with van der Waals surface area (Å²) in [6, 6.07) is 5.66. The number of hydrogen-bond donors (Lipinski definition) is 1. The number of carbonyl (C=O) groups is 1. The summed E-state index contributed by atoms with van der Waals surface area (Å²) in [4.78, 5) is 20.9. The number of anilines is 1. The van der Waals surface area contributed by atoms with Crippen LogP contribution in [0.3, 0.4) is 0 Å². The molecule has 0 saturated carbocycles. The Hall–Kier alpha value is -2.74. The van der Waals surface area contributed by atoms with Crippen molar-refractivity contribution in [1.29, 1.82) is 0 Å². The topological polar surface area (TPSA) is 80.1 Å². The van der Waals surface area contributed by atoms with E-state index < -0.39 is 11.7 Å². The molecule has 1 aliphatic heterocycles. The maximum atomic E-state index is 12.5. The van der Waals surface area contributed by atoms with Crippen molar-refractivity contribution in [3.8, 4) is 11.6 Å². The van der Waals surface area contributed by atoms with Gasteiger partial charge in [0.25, 0.3) is 0 Å². The number of pyridine rings is 1. The summed E-state index contributed by atoms with van der Waals surface area (Å²) in [5, 5.41) is 9.90. The molecule has 1 aliphatic rings. The summed E-state index contributed by atoms with van der Waals surface area (Å²) in [6.45, 7) is 10.9. The summed E-state index contributed by atoms with van der Waals surface area (Å²) in [6.07, 6.45) is 1.39. The second kappa shape index (κ2) is 8.55. The number of methoxy groups -OCH3 is 1. The van der Waals surface area contributed by atoms with Crippen LogP contribution in [-0.2, 0) is 4.74 Å². The molecule has 1 unspecified atom stereocenters. The van der Waals surface area contributed by atoms with Gasteiger partial charge in [-0.2, -0.15) is 0 Å². The van der Waals surface area contributed by atoms with Crippen molar-refractivity contribution in [1.82, 2.24) is 14.5 Å². The smallest absolute Gasteiger partial charge is 0.410 e. The first-order valence-corrected chi connectivity index (χ1v) is 10.2. The van der Waals surface area contributed by atoms with E-state index in [1.54, 1.807) is 18.2 Å². The first kappa shape index (κ1) is 22.0. The Morgan fingerprint density at radius 3 is 2.47 bits per heavy atom. The number of aryl methyl sites for hydroxylation is 2. The van der Waals surface area contributed by atoms with Crippen LogP contribution in [-0.4, -0.2) is 70.6 Å². The number of ether oxygens (including phenoxy) is 2. The highest BCUT2D eigenvalue weighted by molar-refractivity contribution is 5.69. The van der Waals surface area contributed by atoms with Crippen LogP contribution in [0.1, 0.15) is 32.2 Å². The van der Waals surface area contributed by atoms with Crippen LogP contribution in [0, 0.1) is 13.8 Å². The van der Waals surface area contributed by atoms with E-state index in [-0.39, 0.29) is 12.6 Å². The Kier molecular flexibility index (Phi) is 6.26. The van der Waals surface area contributed by atoms with E-state index in [2.05, 4.69) is 26.6 Å². The monoisotopic (exact) mass is 416 g/mol. The number of rotatable bonds is 4. The van der Waals surface area contributed by atoms with Crippen LogP contribution in [0.25, 0.3) is 5.82 Å². The lowest BCUT2D eigenvalue weighted by Gasteiger charge is -2.42. The van der Waals surface area contributed by atoms with Crippen molar-refractivity contribution in [3.63, 3.8) is 0 Å². The third-order valence-corrected chi connectivity index (χ3v) is 5.21. The zero-order chi connectivity index (χ0) is 22.1. The van der Waals surface area contributed by atoms with Crippen molar-refractivity contribution in [2.45, 2.75) is 46.3 Å². The lowest BCUT2D eigenvalue weighted by molar-refractivity contribution is 0.00702. The molecule has 1 atom stereocenters. The van der Waals surface area contributed by atoms with E-state index in [4.69, 9.17) is 9.47 Å². The zero-order valence-electron chi connectivity index (χ0n) is 18.7. The fourth-order valence-corrected chi connectivity index (χ4v) is 3.76. The molecule has 1 N–H and O–H groups in total. The number of aliphatic hydroxyl groups is 1. The zero-order valence-corrected chi connectivity index (χ0v) is 18.7. The van der Waals surface area contributed by atoms with Gasteiger partial charge < -0.3 is 24.0 Å². The summed E-state index contributed by atoms with van der Waals surface area (Å²) in [5.41, 5.74) is 2.46. The molecule has 8 heteroatoms. The van der Waals surface area contributed by atoms with Gasteiger partial charge in [0.2, 0.25) is 0 Å². The first-order chi connectivity index (χ1) is 14.1. The average molecular weight is 417 g/mol. The van der Waals surface area contributed by atoms with Gasteiger partial charge >= 0.3 is 6.09 Å². The van der Waals surface area contributed by atoms with Crippen LogP contribution in [0.2, 0.25) is 0 Å². The van der Waals surface area contributed by atoms with Crippen LogP contribution in [0.15, 0.2) is 24.4 Å². The Morgan fingerprint density at radius 1 is 1.23 bits per heavy atom. The number of hydrogen-bond acceptors (Lipinski definition) is 6. The molecular formula is C22H32N4O4. The number of amides is 1. The van der Waals surface area contributed by atoms with Gasteiger partial charge in [-0.15, -0.1) is 0 Å². The molecule has 164 valence electrons. The number of nitrogens with zero attached hydrogens (tertiary/aromatic N) is 4. The molecule has 0 aliphatic carbocycles. The van der Waals surface area contributed by atoms with E-state index in [0.29, 0.717) is 25.4 Å². The van der Waals surface area contributed by atoms with Gasteiger partial charge in [0, 0.05) is 37.1 Å². The maximum Gasteiger partial charge on any atom is 0.410 e. The van der Waals surface area contributed by atoms with E-state index in [1.807, 2.05) is 40.7 Å². The molecule has 30 heavy (non-hydrogen) atoms. The van der Waals surface area contributed by atoms with E-state index >= 15 is 0 Å². The van der Waals surface area contributed by atoms with Crippen LogP contribution < -0.4 is 9.64 Å². The predicted molar refractivity (Wildman–Crippen MR) is 116 cm³/mol. The second-order valence-corrected chi connectivity index (χ2v) is 8.62. The van der Waals surface area contributed by atoms with Gasteiger partial charge in [0.1, 0.15) is 17.2 Å². The van der Waals surface area contributed by atoms with Gasteiger partial charge in [0.15, 0.2) is 0 Å². The van der Waals surface area contributed by atoms with Gasteiger partial charge in [0.05, 0.1) is 31.6 Å². The van der Waals surface area contributed by atoms with Crippen molar-refractivity contribution < 1.29 is 19.4 Å². The standard InChI is InChI=1S/C22H32N4O4/c1-15-7-8-16(2)26(15)20-11-19(29-6)18(12-23-20)24-9-10-25(17(13-24)14-27)21(28)30-22(3,4)5/h7-8,11-12,17,27H,9-10,13-14H2,1-6H3. The molecule has 3 heterocycles. The number of aromatic nitrogens is 2. The quantitative estimate of drug-likeness (QED) is 0.826. The molecule has 0 aromatic carbocycles. The molecule has 1 fully saturated rings. The fourth-order valence-electron chi connectivity index (χ4n) is 3.76. The SMILES string of the molecule is COc1cc(-n2c(C)ccc2C)ncc1N1CCN(C(=O)OC(C)(C)C)C(CO)C1. The van der Waals surface area contributed by atoms with Gasteiger partial charge in [-0.1, -0.05) is 0 Å². The van der Waals surface area contributed by atoms with Crippen LogP contribution >= 0.6 is 0 Å². The van der Waals surface area contributed by atoms with Gasteiger partial charge in [-0.05, 0) is 46.8 Å². The summed E-state index contributed by atoms with van der Waals surface area (Å²) < 4.78 is 13.2. The highest BCUT2D eigenvalue weighted by atomic mass is 16.6. The third kappa shape index (κ3) is 4.53. The highest BCUT2D eigenvalue weighted by Crippen LogP contribution is 2.32. The molecule has 0 bridgehead atoms. The molecule has 0 radical (unpaired) electrons. The first-order valence-electron chi connectivity index (χ1n) is 10.2. The molecule has 1 amide bonds. The van der Waals surface area contributed by atoms with Crippen LogP contribution in [0.5, 0.6) is 5.75 Å². The van der Waals surface area contributed by atoms with Gasteiger partial charge in [-0.25, -0.2) is 9.78 Å². The van der Waals surface area contributed by atoms with E-state index in [1.165, 1.54) is 0 Å². The van der Waals surface area contributed by atoms with Crippen molar-refractivity contribution in [3.05, 3.63) is 35.8 Å². The summed E-state index contributed by atoms with van der Waals surface area (Å²) in [5.74, 6) is 1.50. The minimum Gasteiger partial charge on any atom is -0.494 e. The highest BCUT2D eigenvalue weighted by Gasteiger charge is 2.34. The molecule has 1 saturated heterocycles. The van der Waals surface area contributed by atoms with E-state index in [9.17, 15) is 9.90 Å². The normalized spacial score (nSPS) is 17.2. The molecule has 2 aromatic rings. The molecular weight excluding hydrogens is 384 g/mol. The van der Waals surface area contributed by atoms with Crippen LogP contribution in [0.4, 0.5) is 10.5 Å². The lowest BCUT2D eigenvalue weighted by Crippen LogP contribution is -2.57. The summed E-state index contributed by atoms with van der Waals surface area (Å²) in [7, 11) is 1.64. The Balaban J connectivity index is 1.82. The number of carbonyl (C=O) groups excluding carboxylic acids is 1. The van der Waals surface area contributed by atoms with Crippen molar-refractivity contribution >= 4 is 11.8 Å². The minimum atomic E-state index is -0.577. The molecule has 0 spiro atoms. The predicted octanol–water partition coefficient (Wildman–Crippen LogP) is 2.92. The summed E-state index contributed by atoms with van der Waals surface area (Å²) >= 11 is 0. The average Bonchev–Trinajstić information content (AvgIpc) is 3.03. The molecule has 8 nitrogen and oxygen atoms in total. The number of aliphatic hydroxyl groups excluding tert-OH is 1. The fraction of sp³-hybridized carbons (Fsp3) is 0.545. The van der Waals surface area contributed by atoms with Crippen molar-refractivity contribution in [2.24, 2.45) is 0 Å². The molecule has 3 rings (SSSR count). The Morgan fingerprint density at radius 2 is 1.90 bits per heavy atom. The number of piperazine rings is 1.